The highest BCUT2D eigenvalue weighted by atomic mass is 32.1. The van der Waals surface area contributed by atoms with Crippen LogP contribution in [0.3, 0.4) is 0 Å². The molecule has 4 nitrogen and oxygen atoms in total. The van der Waals surface area contributed by atoms with Crippen LogP contribution in [0.2, 0.25) is 0 Å². The van der Waals surface area contributed by atoms with Crippen LogP contribution in [-0.4, -0.2) is 47.8 Å². The average Bonchev–Trinajstić information content (AvgIpc) is 2.67. The molecule has 2 amide bonds. The summed E-state index contributed by atoms with van der Waals surface area (Å²) in [5.41, 5.74) is 1.18. The van der Waals surface area contributed by atoms with E-state index in [1.807, 2.05) is 36.6 Å². The fraction of sp³-hybridized carbons (Fsp3) is 0.600. The van der Waals surface area contributed by atoms with Crippen molar-refractivity contribution in [3.63, 3.8) is 0 Å². The summed E-state index contributed by atoms with van der Waals surface area (Å²) in [5, 5.41) is 0. The molecule has 5 heteroatoms. The van der Waals surface area contributed by atoms with Crippen molar-refractivity contribution in [1.82, 2.24) is 9.80 Å². The first-order chi connectivity index (χ1) is 9.52. The summed E-state index contributed by atoms with van der Waals surface area (Å²) >= 11 is 1.56. The van der Waals surface area contributed by atoms with Gasteiger partial charge in [0, 0.05) is 37.5 Å². The van der Waals surface area contributed by atoms with Gasteiger partial charge in [0.15, 0.2) is 0 Å². The van der Waals surface area contributed by atoms with E-state index in [-0.39, 0.29) is 11.8 Å². The Bertz CT molecular complexity index is 490. The van der Waals surface area contributed by atoms with Gasteiger partial charge >= 0.3 is 0 Å². The lowest BCUT2D eigenvalue weighted by atomic mass is 10.2. The molecule has 0 radical (unpaired) electrons. The molecule has 0 spiro atoms. The molecule has 2 heterocycles. The molecular weight excluding hydrogens is 272 g/mol. The summed E-state index contributed by atoms with van der Waals surface area (Å²) in [6, 6.07) is 1.97. The molecule has 20 heavy (non-hydrogen) atoms. The predicted octanol–water partition coefficient (Wildman–Crippen LogP) is 2.45. The van der Waals surface area contributed by atoms with E-state index >= 15 is 0 Å². The largest absolute Gasteiger partial charge is 0.341 e. The Labute approximate surface area is 124 Å². The van der Waals surface area contributed by atoms with Crippen LogP contribution in [0, 0.1) is 13.8 Å². The minimum absolute atomic E-state index is 0.108. The number of thiophene rings is 1. The fourth-order valence-corrected chi connectivity index (χ4v) is 3.43. The van der Waals surface area contributed by atoms with Crippen molar-refractivity contribution >= 4 is 23.2 Å². The Morgan fingerprint density at radius 2 is 1.80 bits per heavy atom. The van der Waals surface area contributed by atoms with Gasteiger partial charge in [0.05, 0.1) is 4.88 Å². The molecule has 1 aromatic heterocycles. The maximum Gasteiger partial charge on any atom is 0.263 e. The van der Waals surface area contributed by atoms with Gasteiger partial charge in [-0.2, -0.15) is 0 Å². The van der Waals surface area contributed by atoms with E-state index < -0.39 is 0 Å². The lowest BCUT2D eigenvalue weighted by molar-refractivity contribution is -0.130. The van der Waals surface area contributed by atoms with Crippen LogP contribution >= 0.6 is 11.3 Å². The topological polar surface area (TPSA) is 40.6 Å². The highest BCUT2D eigenvalue weighted by molar-refractivity contribution is 7.14. The SMILES string of the molecule is CCC(=O)N1CCCN(C(=O)c2cc(C)c(C)s2)CC1. The first-order valence-electron chi connectivity index (χ1n) is 7.17. The van der Waals surface area contributed by atoms with Crippen molar-refractivity contribution in [1.29, 1.82) is 0 Å². The van der Waals surface area contributed by atoms with E-state index in [2.05, 4.69) is 0 Å². The van der Waals surface area contributed by atoms with Gasteiger partial charge in [0.2, 0.25) is 5.91 Å². The van der Waals surface area contributed by atoms with Crippen molar-refractivity contribution in [2.75, 3.05) is 26.2 Å². The van der Waals surface area contributed by atoms with Crippen molar-refractivity contribution in [3.05, 3.63) is 21.4 Å². The van der Waals surface area contributed by atoms with Crippen LogP contribution in [0.25, 0.3) is 0 Å². The standard InChI is InChI=1S/C15H22N2O2S/c1-4-14(18)16-6-5-7-17(9-8-16)15(19)13-10-11(2)12(3)20-13/h10H,4-9H2,1-3H3. The molecule has 0 N–H and O–H groups in total. The number of carbonyl (C=O) groups is 2. The molecule has 1 aliphatic heterocycles. The molecule has 1 fully saturated rings. The normalized spacial score (nSPS) is 16.1. The Balaban J connectivity index is 2.03. The van der Waals surface area contributed by atoms with E-state index in [9.17, 15) is 9.59 Å². The van der Waals surface area contributed by atoms with Crippen LogP contribution in [-0.2, 0) is 4.79 Å². The van der Waals surface area contributed by atoms with Gasteiger partial charge in [-0.25, -0.2) is 0 Å². The van der Waals surface area contributed by atoms with Crippen LogP contribution in [0.4, 0.5) is 0 Å². The average molecular weight is 294 g/mol. The smallest absolute Gasteiger partial charge is 0.263 e. The van der Waals surface area contributed by atoms with Crippen LogP contribution < -0.4 is 0 Å². The summed E-state index contributed by atoms with van der Waals surface area (Å²) in [6.07, 6.45) is 1.40. The summed E-state index contributed by atoms with van der Waals surface area (Å²) in [6.45, 7) is 8.75. The maximum absolute atomic E-state index is 12.5. The van der Waals surface area contributed by atoms with E-state index in [0.29, 0.717) is 19.5 Å². The second-order valence-electron chi connectivity index (χ2n) is 5.23. The maximum atomic E-state index is 12.5. The minimum Gasteiger partial charge on any atom is -0.341 e. The highest BCUT2D eigenvalue weighted by Gasteiger charge is 2.23. The van der Waals surface area contributed by atoms with Gasteiger partial charge in [-0.15, -0.1) is 11.3 Å². The summed E-state index contributed by atoms with van der Waals surface area (Å²) in [5.74, 6) is 0.291. The van der Waals surface area contributed by atoms with Gasteiger partial charge in [-0.3, -0.25) is 9.59 Å². The zero-order valence-electron chi connectivity index (χ0n) is 12.4. The molecule has 0 unspecified atom stereocenters. The molecule has 0 aromatic carbocycles. The van der Waals surface area contributed by atoms with E-state index in [1.165, 1.54) is 10.4 Å². The fourth-order valence-electron chi connectivity index (χ4n) is 2.43. The number of amides is 2. The Kier molecular flexibility index (Phi) is 4.81. The predicted molar refractivity (Wildman–Crippen MR) is 81.2 cm³/mol. The van der Waals surface area contributed by atoms with Crippen molar-refractivity contribution in [3.8, 4) is 0 Å². The molecule has 0 bridgehead atoms. The number of carbonyl (C=O) groups excluding carboxylic acids is 2. The molecule has 0 atom stereocenters. The first-order valence-corrected chi connectivity index (χ1v) is 7.98. The third-order valence-corrected chi connectivity index (χ3v) is 4.96. The molecule has 2 rings (SSSR count). The Hall–Kier alpha value is -1.36. The minimum atomic E-state index is 0.108. The highest BCUT2D eigenvalue weighted by Crippen LogP contribution is 2.22. The quantitative estimate of drug-likeness (QED) is 0.840. The summed E-state index contributed by atoms with van der Waals surface area (Å²) in [4.78, 5) is 30.0. The number of nitrogens with zero attached hydrogens (tertiary/aromatic N) is 2. The summed E-state index contributed by atoms with van der Waals surface area (Å²) in [7, 11) is 0. The van der Waals surface area contributed by atoms with Crippen LogP contribution in [0.1, 0.15) is 39.9 Å². The molecule has 0 aliphatic carbocycles. The third kappa shape index (κ3) is 3.20. The van der Waals surface area contributed by atoms with Crippen LogP contribution in [0.15, 0.2) is 6.07 Å². The second-order valence-corrected chi connectivity index (χ2v) is 6.49. The van der Waals surface area contributed by atoms with E-state index in [4.69, 9.17) is 0 Å². The lowest BCUT2D eigenvalue weighted by Crippen LogP contribution is -2.36. The zero-order chi connectivity index (χ0) is 14.7. The van der Waals surface area contributed by atoms with Crippen LogP contribution in [0.5, 0.6) is 0 Å². The molecule has 1 aromatic rings. The molecular formula is C15H22N2O2S. The second kappa shape index (κ2) is 6.39. The zero-order valence-corrected chi connectivity index (χ0v) is 13.3. The van der Waals surface area contributed by atoms with Crippen molar-refractivity contribution in [2.24, 2.45) is 0 Å². The van der Waals surface area contributed by atoms with Gasteiger partial charge in [-0.05, 0) is 31.9 Å². The monoisotopic (exact) mass is 294 g/mol. The molecule has 1 aliphatic rings. The van der Waals surface area contributed by atoms with Crippen molar-refractivity contribution < 1.29 is 9.59 Å². The van der Waals surface area contributed by atoms with Gasteiger partial charge in [0.1, 0.15) is 0 Å². The van der Waals surface area contributed by atoms with E-state index in [0.717, 1.165) is 24.4 Å². The molecule has 1 saturated heterocycles. The number of hydrogen-bond donors (Lipinski definition) is 0. The van der Waals surface area contributed by atoms with E-state index in [1.54, 1.807) is 11.3 Å². The summed E-state index contributed by atoms with van der Waals surface area (Å²) < 4.78 is 0. The Morgan fingerprint density at radius 3 is 2.40 bits per heavy atom. The first kappa shape index (κ1) is 15.0. The van der Waals surface area contributed by atoms with Gasteiger partial charge in [0.25, 0.3) is 5.91 Å². The Morgan fingerprint density at radius 1 is 1.15 bits per heavy atom. The number of rotatable bonds is 2. The van der Waals surface area contributed by atoms with Gasteiger partial charge < -0.3 is 9.80 Å². The number of aryl methyl sites for hydroxylation is 2. The lowest BCUT2D eigenvalue weighted by Gasteiger charge is -2.21. The van der Waals surface area contributed by atoms with Crippen molar-refractivity contribution in [2.45, 2.75) is 33.6 Å². The third-order valence-electron chi connectivity index (χ3n) is 3.82. The number of hydrogen-bond acceptors (Lipinski definition) is 3. The molecule has 0 saturated carbocycles. The van der Waals surface area contributed by atoms with Gasteiger partial charge in [-0.1, -0.05) is 6.92 Å². The molecule has 110 valence electrons.